The van der Waals surface area contributed by atoms with Crippen molar-refractivity contribution in [3.63, 3.8) is 0 Å². The van der Waals surface area contributed by atoms with Gasteiger partial charge in [0.25, 0.3) is 0 Å². The molecule has 2 atom stereocenters. The molecule has 0 spiro atoms. The molecule has 0 aromatic rings. The van der Waals surface area contributed by atoms with Crippen LogP contribution in [0.3, 0.4) is 0 Å². The van der Waals surface area contributed by atoms with E-state index in [2.05, 4.69) is 20.8 Å². The molecular formula is C12H22O2. The van der Waals surface area contributed by atoms with Gasteiger partial charge >= 0.3 is 5.97 Å². The van der Waals surface area contributed by atoms with Gasteiger partial charge in [-0.15, -0.1) is 0 Å². The lowest BCUT2D eigenvalue weighted by molar-refractivity contribution is -0.138. The van der Waals surface area contributed by atoms with Crippen molar-refractivity contribution in [1.29, 1.82) is 0 Å². The molecule has 0 aliphatic heterocycles. The molecule has 0 heterocycles. The Bertz CT molecular complexity index is 203. The Morgan fingerprint density at radius 3 is 2.50 bits per heavy atom. The van der Waals surface area contributed by atoms with Gasteiger partial charge in [0.05, 0.1) is 0 Å². The summed E-state index contributed by atoms with van der Waals surface area (Å²) in [5, 5.41) is 8.75. The summed E-state index contributed by atoms with van der Waals surface area (Å²) in [5.41, 5.74) is 0.344. The standard InChI is InChI=1S/C12H22O2/c1-12(2,3)10-6-4-5-9(7-10)8-11(13)14/h9-10H,4-8H2,1-3H3,(H,13,14). The van der Waals surface area contributed by atoms with Crippen molar-refractivity contribution < 1.29 is 9.90 Å². The summed E-state index contributed by atoms with van der Waals surface area (Å²) in [4.78, 5) is 10.6. The molecule has 0 radical (unpaired) electrons. The third kappa shape index (κ3) is 3.32. The first kappa shape index (κ1) is 11.5. The van der Waals surface area contributed by atoms with Gasteiger partial charge in [-0.2, -0.15) is 0 Å². The van der Waals surface area contributed by atoms with Gasteiger partial charge in [-0.05, 0) is 36.5 Å². The maximum atomic E-state index is 10.6. The van der Waals surface area contributed by atoms with Crippen LogP contribution in [-0.2, 0) is 4.79 Å². The second-order valence-electron chi connectivity index (χ2n) is 5.69. The molecule has 2 unspecified atom stereocenters. The van der Waals surface area contributed by atoms with Gasteiger partial charge in [-0.25, -0.2) is 0 Å². The fourth-order valence-corrected chi connectivity index (χ4v) is 2.51. The smallest absolute Gasteiger partial charge is 0.303 e. The van der Waals surface area contributed by atoms with E-state index < -0.39 is 5.97 Å². The van der Waals surface area contributed by atoms with Crippen LogP contribution in [0.25, 0.3) is 0 Å². The zero-order valence-corrected chi connectivity index (χ0v) is 9.55. The lowest BCUT2D eigenvalue weighted by Crippen LogP contribution is -2.27. The Morgan fingerprint density at radius 2 is 2.00 bits per heavy atom. The number of carbonyl (C=O) groups is 1. The fourth-order valence-electron chi connectivity index (χ4n) is 2.51. The molecule has 1 fully saturated rings. The molecule has 0 bridgehead atoms. The third-order valence-electron chi connectivity index (χ3n) is 3.47. The van der Waals surface area contributed by atoms with E-state index in [4.69, 9.17) is 5.11 Å². The first-order valence-electron chi connectivity index (χ1n) is 5.61. The van der Waals surface area contributed by atoms with Gasteiger partial charge in [-0.1, -0.05) is 27.2 Å². The highest BCUT2D eigenvalue weighted by Gasteiger charge is 2.31. The number of carboxylic acid groups (broad SMARTS) is 1. The lowest BCUT2D eigenvalue weighted by atomic mass is 9.68. The predicted molar refractivity (Wildman–Crippen MR) is 57.2 cm³/mol. The highest BCUT2D eigenvalue weighted by atomic mass is 16.4. The van der Waals surface area contributed by atoms with Crippen LogP contribution in [0, 0.1) is 17.3 Å². The fraction of sp³-hybridized carbons (Fsp3) is 0.917. The number of rotatable bonds is 2. The second kappa shape index (κ2) is 4.33. The van der Waals surface area contributed by atoms with Crippen LogP contribution in [0.5, 0.6) is 0 Å². The zero-order chi connectivity index (χ0) is 10.8. The van der Waals surface area contributed by atoms with Gasteiger partial charge < -0.3 is 5.11 Å². The molecule has 2 heteroatoms. The maximum Gasteiger partial charge on any atom is 0.303 e. The summed E-state index contributed by atoms with van der Waals surface area (Å²) in [6.45, 7) is 6.79. The summed E-state index contributed by atoms with van der Waals surface area (Å²) in [6.07, 6.45) is 5.07. The van der Waals surface area contributed by atoms with Gasteiger partial charge in [-0.3, -0.25) is 4.79 Å². The van der Waals surface area contributed by atoms with E-state index in [1.165, 1.54) is 12.8 Å². The van der Waals surface area contributed by atoms with Crippen molar-refractivity contribution in [2.24, 2.45) is 17.3 Å². The van der Waals surface area contributed by atoms with Crippen molar-refractivity contribution >= 4 is 5.97 Å². The SMILES string of the molecule is CC(C)(C)C1CCCC(CC(=O)O)C1. The van der Waals surface area contributed by atoms with E-state index in [0.717, 1.165) is 12.8 Å². The Hall–Kier alpha value is -0.530. The van der Waals surface area contributed by atoms with Crippen LogP contribution in [0.15, 0.2) is 0 Å². The number of aliphatic carboxylic acids is 1. The summed E-state index contributed by atoms with van der Waals surface area (Å²) >= 11 is 0. The van der Waals surface area contributed by atoms with Crippen molar-refractivity contribution in [3.8, 4) is 0 Å². The Morgan fingerprint density at radius 1 is 1.36 bits per heavy atom. The molecule has 1 N–H and O–H groups in total. The quantitative estimate of drug-likeness (QED) is 0.739. The predicted octanol–water partition coefficient (Wildman–Crippen LogP) is 3.31. The summed E-state index contributed by atoms with van der Waals surface area (Å²) in [7, 11) is 0. The maximum absolute atomic E-state index is 10.6. The number of hydrogen-bond donors (Lipinski definition) is 1. The molecule has 0 saturated heterocycles. The molecule has 0 aromatic carbocycles. The molecule has 2 nitrogen and oxygen atoms in total. The molecule has 0 aromatic heterocycles. The van der Waals surface area contributed by atoms with E-state index in [-0.39, 0.29) is 0 Å². The van der Waals surface area contributed by atoms with Crippen LogP contribution in [0.4, 0.5) is 0 Å². The first-order valence-corrected chi connectivity index (χ1v) is 5.61. The van der Waals surface area contributed by atoms with Crippen molar-refractivity contribution in [2.75, 3.05) is 0 Å². The number of carboxylic acids is 1. The lowest BCUT2D eigenvalue weighted by Gasteiger charge is -2.37. The molecule has 14 heavy (non-hydrogen) atoms. The average Bonchev–Trinajstić information content (AvgIpc) is 2.01. The van der Waals surface area contributed by atoms with Crippen LogP contribution in [-0.4, -0.2) is 11.1 Å². The number of hydrogen-bond acceptors (Lipinski definition) is 1. The zero-order valence-electron chi connectivity index (χ0n) is 9.55. The monoisotopic (exact) mass is 198 g/mol. The van der Waals surface area contributed by atoms with Crippen molar-refractivity contribution in [3.05, 3.63) is 0 Å². The highest BCUT2D eigenvalue weighted by Crippen LogP contribution is 2.41. The average molecular weight is 198 g/mol. The van der Waals surface area contributed by atoms with E-state index >= 15 is 0 Å². The van der Waals surface area contributed by atoms with Crippen LogP contribution in [0.1, 0.15) is 52.9 Å². The summed E-state index contributed by atoms with van der Waals surface area (Å²) in [6, 6.07) is 0. The highest BCUT2D eigenvalue weighted by molar-refractivity contribution is 5.67. The van der Waals surface area contributed by atoms with E-state index in [1.807, 2.05) is 0 Å². The molecule has 1 rings (SSSR count). The molecule has 82 valence electrons. The Labute approximate surface area is 86.7 Å². The molecule has 0 amide bonds. The summed E-state index contributed by atoms with van der Waals surface area (Å²) in [5.74, 6) is 0.496. The van der Waals surface area contributed by atoms with Gasteiger partial charge in [0.1, 0.15) is 0 Å². The van der Waals surface area contributed by atoms with Crippen molar-refractivity contribution in [2.45, 2.75) is 52.9 Å². The molecular weight excluding hydrogens is 176 g/mol. The largest absolute Gasteiger partial charge is 0.481 e. The topological polar surface area (TPSA) is 37.3 Å². The minimum Gasteiger partial charge on any atom is -0.481 e. The Kier molecular flexibility index (Phi) is 3.57. The second-order valence-corrected chi connectivity index (χ2v) is 5.69. The van der Waals surface area contributed by atoms with Crippen LogP contribution < -0.4 is 0 Å². The van der Waals surface area contributed by atoms with E-state index in [1.54, 1.807) is 0 Å². The van der Waals surface area contributed by atoms with Gasteiger partial charge in [0.15, 0.2) is 0 Å². The third-order valence-corrected chi connectivity index (χ3v) is 3.47. The van der Waals surface area contributed by atoms with Crippen LogP contribution in [0.2, 0.25) is 0 Å². The van der Waals surface area contributed by atoms with E-state index in [9.17, 15) is 4.79 Å². The molecule has 1 saturated carbocycles. The minimum atomic E-state index is -0.635. The summed E-state index contributed by atoms with van der Waals surface area (Å²) < 4.78 is 0. The van der Waals surface area contributed by atoms with E-state index in [0.29, 0.717) is 23.7 Å². The Balaban J connectivity index is 2.48. The van der Waals surface area contributed by atoms with Crippen molar-refractivity contribution in [1.82, 2.24) is 0 Å². The normalized spacial score (nSPS) is 28.8. The first-order chi connectivity index (χ1) is 6.39. The minimum absolute atomic E-state index is 0.344. The van der Waals surface area contributed by atoms with Crippen LogP contribution >= 0.6 is 0 Å². The van der Waals surface area contributed by atoms with Gasteiger partial charge in [0, 0.05) is 6.42 Å². The molecule has 1 aliphatic carbocycles. The molecule has 1 aliphatic rings. The van der Waals surface area contributed by atoms with Gasteiger partial charge in [0.2, 0.25) is 0 Å².